The van der Waals surface area contributed by atoms with Crippen molar-refractivity contribution in [2.24, 2.45) is 0 Å². The van der Waals surface area contributed by atoms with Gasteiger partial charge < -0.3 is 10.6 Å². The van der Waals surface area contributed by atoms with E-state index in [0.717, 1.165) is 27.7 Å². The second-order valence-corrected chi connectivity index (χ2v) is 7.50. The standard InChI is InChI=1S/C26H23N3O2/c1-16-11-12-20(17(2)13-16)24-15-22(21-9-4-5-10-23(21)29-24)26(31)28-19-8-6-7-18(14-19)25(30)27-3/h4-15H,1-3H3,(H,27,30)(H,28,31). The topological polar surface area (TPSA) is 71.1 Å². The summed E-state index contributed by atoms with van der Waals surface area (Å²) < 4.78 is 0. The molecule has 4 aromatic rings. The van der Waals surface area contributed by atoms with Gasteiger partial charge in [0.1, 0.15) is 0 Å². The molecule has 0 bridgehead atoms. The van der Waals surface area contributed by atoms with Crippen LogP contribution in [0.15, 0.2) is 72.8 Å². The van der Waals surface area contributed by atoms with Crippen molar-refractivity contribution >= 4 is 28.4 Å². The minimum Gasteiger partial charge on any atom is -0.355 e. The molecule has 0 unspecified atom stereocenters. The summed E-state index contributed by atoms with van der Waals surface area (Å²) in [6, 6.07) is 22.5. The first kappa shape index (κ1) is 20.3. The number of nitrogens with zero attached hydrogens (tertiary/aromatic N) is 1. The van der Waals surface area contributed by atoms with E-state index in [1.807, 2.05) is 49.4 Å². The summed E-state index contributed by atoms with van der Waals surface area (Å²) in [7, 11) is 1.57. The summed E-state index contributed by atoms with van der Waals surface area (Å²) in [6.45, 7) is 4.10. The third-order valence-corrected chi connectivity index (χ3v) is 5.23. The lowest BCUT2D eigenvalue weighted by molar-refractivity contribution is 0.0961. The van der Waals surface area contributed by atoms with Crippen LogP contribution in [-0.2, 0) is 0 Å². The number of rotatable bonds is 4. The number of carbonyl (C=O) groups excluding carboxylic acids is 2. The fourth-order valence-corrected chi connectivity index (χ4v) is 3.68. The fraction of sp³-hybridized carbons (Fsp3) is 0.115. The van der Waals surface area contributed by atoms with E-state index in [-0.39, 0.29) is 11.8 Å². The molecule has 154 valence electrons. The summed E-state index contributed by atoms with van der Waals surface area (Å²) >= 11 is 0. The third kappa shape index (κ3) is 4.16. The van der Waals surface area contributed by atoms with Crippen molar-refractivity contribution < 1.29 is 9.59 Å². The van der Waals surface area contributed by atoms with Crippen molar-refractivity contribution in [2.75, 3.05) is 12.4 Å². The van der Waals surface area contributed by atoms with E-state index in [2.05, 4.69) is 23.6 Å². The Morgan fingerprint density at radius 3 is 2.42 bits per heavy atom. The van der Waals surface area contributed by atoms with Gasteiger partial charge in [-0.2, -0.15) is 0 Å². The summed E-state index contributed by atoms with van der Waals surface area (Å²) in [5, 5.41) is 6.29. The average molecular weight is 409 g/mol. The van der Waals surface area contributed by atoms with Crippen LogP contribution in [0.1, 0.15) is 31.8 Å². The van der Waals surface area contributed by atoms with E-state index >= 15 is 0 Å². The van der Waals surface area contributed by atoms with Gasteiger partial charge >= 0.3 is 0 Å². The van der Waals surface area contributed by atoms with Crippen LogP contribution in [0.25, 0.3) is 22.2 Å². The predicted octanol–water partition coefficient (Wildman–Crippen LogP) is 5.13. The zero-order valence-corrected chi connectivity index (χ0v) is 17.7. The molecule has 0 aliphatic carbocycles. The van der Waals surface area contributed by atoms with Gasteiger partial charge in [0.25, 0.3) is 11.8 Å². The highest BCUT2D eigenvalue weighted by molar-refractivity contribution is 6.13. The van der Waals surface area contributed by atoms with Crippen LogP contribution < -0.4 is 10.6 Å². The van der Waals surface area contributed by atoms with Crippen molar-refractivity contribution in [1.29, 1.82) is 0 Å². The van der Waals surface area contributed by atoms with Crippen molar-refractivity contribution in [3.05, 3.63) is 95.1 Å². The first-order chi connectivity index (χ1) is 15.0. The molecule has 0 aliphatic heterocycles. The number of benzene rings is 3. The van der Waals surface area contributed by atoms with Gasteiger partial charge in [0.05, 0.1) is 16.8 Å². The number of hydrogen-bond donors (Lipinski definition) is 2. The Morgan fingerprint density at radius 1 is 0.839 bits per heavy atom. The minimum absolute atomic E-state index is 0.206. The number of fused-ring (bicyclic) bond motifs is 1. The zero-order valence-electron chi connectivity index (χ0n) is 17.7. The number of para-hydroxylation sites is 1. The third-order valence-electron chi connectivity index (χ3n) is 5.23. The van der Waals surface area contributed by atoms with Crippen molar-refractivity contribution in [3.63, 3.8) is 0 Å². The predicted molar refractivity (Wildman–Crippen MR) is 124 cm³/mol. The first-order valence-electron chi connectivity index (χ1n) is 10.1. The summed E-state index contributed by atoms with van der Waals surface area (Å²) in [6.07, 6.45) is 0. The van der Waals surface area contributed by atoms with Crippen LogP contribution in [0, 0.1) is 13.8 Å². The number of aromatic nitrogens is 1. The highest BCUT2D eigenvalue weighted by Gasteiger charge is 2.16. The maximum Gasteiger partial charge on any atom is 0.256 e. The summed E-state index contributed by atoms with van der Waals surface area (Å²) in [4.78, 5) is 30.0. The Labute approximate surface area is 181 Å². The molecule has 0 saturated carbocycles. The van der Waals surface area contributed by atoms with Crippen LogP contribution in [0.2, 0.25) is 0 Å². The fourth-order valence-electron chi connectivity index (χ4n) is 3.68. The highest BCUT2D eigenvalue weighted by Crippen LogP contribution is 2.28. The molecule has 0 saturated heterocycles. The second kappa shape index (κ2) is 8.40. The second-order valence-electron chi connectivity index (χ2n) is 7.50. The van der Waals surface area contributed by atoms with E-state index in [9.17, 15) is 9.59 Å². The highest BCUT2D eigenvalue weighted by atomic mass is 16.2. The first-order valence-corrected chi connectivity index (χ1v) is 10.1. The maximum absolute atomic E-state index is 13.3. The molecule has 0 spiro atoms. The van der Waals surface area contributed by atoms with E-state index in [4.69, 9.17) is 4.98 Å². The van der Waals surface area contributed by atoms with Crippen molar-refractivity contribution in [3.8, 4) is 11.3 Å². The Morgan fingerprint density at radius 2 is 1.65 bits per heavy atom. The van der Waals surface area contributed by atoms with Gasteiger partial charge in [-0.1, -0.05) is 48.0 Å². The number of anilines is 1. The van der Waals surface area contributed by atoms with E-state index in [1.165, 1.54) is 5.56 Å². The summed E-state index contributed by atoms with van der Waals surface area (Å²) in [5.74, 6) is -0.457. The molecule has 5 heteroatoms. The average Bonchev–Trinajstić information content (AvgIpc) is 2.78. The molecule has 0 aliphatic rings. The van der Waals surface area contributed by atoms with Gasteiger partial charge in [0, 0.05) is 29.2 Å². The number of hydrogen-bond acceptors (Lipinski definition) is 3. The monoisotopic (exact) mass is 409 g/mol. The molecule has 31 heavy (non-hydrogen) atoms. The Balaban J connectivity index is 1.78. The Hall–Kier alpha value is -3.99. The van der Waals surface area contributed by atoms with Gasteiger partial charge in [-0.3, -0.25) is 9.59 Å². The number of aryl methyl sites for hydroxylation is 2. The lowest BCUT2D eigenvalue weighted by atomic mass is 9.99. The van der Waals surface area contributed by atoms with Gasteiger partial charge in [0.2, 0.25) is 0 Å². The number of nitrogens with one attached hydrogen (secondary N) is 2. The molecule has 3 aromatic carbocycles. The van der Waals surface area contributed by atoms with Crippen LogP contribution in [-0.4, -0.2) is 23.8 Å². The minimum atomic E-state index is -0.251. The van der Waals surface area contributed by atoms with Gasteiger partial charge in [-0.25, -0.2) is 4.98 Å². The van der Waals surface area contributed by atoms with Gasteiger partial charge in [-0.15, -0.1) is 0 Å². The molecule has 4 rings (SSSR count). The molecular weight excluding hydrogens is 386 g/mol. The van der Waals surface area contributed by atoms with Crippen LogP contribution >= 0.6 is 0 Å². The van der Waals surface area contributed by atoms with Crippen LogP contribution in [0.4, 0.5) is 5.69 Å². The van der Waals surface area contributed by atoms with E-state index in [0.29, 0.717) is 16.8 Å². The Bertz CT molecular complexity index is 1310. The molecule has 5 nitrogen and oxygen atoms in total. The molecular formula is C26H23N3O2. The van der Waals surface area contributed by atoms with Gasteiger partial charge in [-0.05, 0) is 49.7 Å². The largest absolute Gasteiger partial charge is 0.355 e. The smallest absolute Gasteiger partial charge is 0.256 e. The van der Waals surface area contributed by atoms with Crippen LogP contribution in [0.5, 0.6) is 0 Å². The number of carbonyl (C=O) groups is 2. The molecule has 0 fully saturated rings. The quantitative estimate of drug-likeness (QED) is 0.491. The number of amides is 2. The molecule has 0 atom stereocenters. The Kier molecular flexibility index (Phi) is 5.50. The zero-order chi connectivity index (χ0) is 22.0. The van der Waals surface area contributed by atoms with Crippen LogP contribution in [0.3, 0.4) is 0 Å². The van der Waals surface area contributed by atoms with E-state index < -0.39 is 0 Å². The number of pyridine rings is 1. The summed E-state index contributed by atoms with van der Waals surface area (Å²) in [5.41, 5.74) is 6.35. The molecule has 1 aromatic heterocycles. The normalized spacial score (nSPS) is 10.7. The lowest BCUT2D eigenvalue weighted by Crippen LogP contribution is -2.18. The molecule has 2 amide bonds. The lowest BCUT2D eigenvalue weighted by Gasteiger charge is -2.13. The molecule has 0 radical (unpaired) electrons. The maximum atomic E-state index is 13.3. The molecule has 2 N–H and O–H groups in total. The van der Waals surface area contributed by atoms with Crippen molar-refractivity contribution in [1.82, 2.24) is 10.3 Å². The SMILES string of the molecule is CNC(=O)c1cccc(NC(=O)c2cc(-c3ccc(C)cc3C)nc3ccccc23)c1. The van der Waals surface area contributed by atoms with Crippen molar-refractivity contribution in [2.45, 2.75) is 13.8 Å². The van der Waals surface area contributed by atoms with E-state index in [1.54, 1.807) is 31.3 Å². The van der Waals surface area contributed by atoms with Gasteiger partial charge in [0.15, 0.2) is 0 Å². The molecule has 1 heterocycles.